The van der Waals surface area contributed by atoms with Crippen molar-refractivity contribution in [2.75, 3.05) is 13.2 Å². The lowest BCUT2D eigenvalue weighted by Crippen LogP contribution is -2.55. The van der Waals surface area contributed by atoms with Gasteiger partial charge in [-0.25, -0.2) is 0 Å². The van der Waals surface area contributed by atoms with Gasteiger partial charge in [0.15, 0.2) is 0 Å². The first-order valence-electron chi connectivity index (χ1n) is 5.23. The van der Waals surface area contributed by atoms with Gasteiger partial charge in [0.25, 0.3) is 0 Å². The summed E-state index contributed by atoms with van der Waals surface area (Å²) in [5.74, 6) is 0. The lowest BCUT2D eigenvalue weighted by atomic mass is 10.1. The van der Waals surface area contributed by atoms with Crippen LogP contribution in [0.1, 0.15) is 27.2 Å². The van der Waals surface area contributed by atoms with Gasteiger partial charge in [-0.3, -0.25) is 4.90 Å². The summed E-state index contributed by atoms with van der Waals surface area (Å²) in [6, 6.07) is 0.643. The summed E-state index contributed by atoms with van der Waals surface area (Å²) in [7, 11) is 0. The van der Waals surface area contributed by atoms with Crippen LogP contribution >= 0.6 is 12.2 Å². The van der Waals surface area contributed by atoms with Crippen LogP contribution in [0.2, 0.25) is 0 Å². The topological polar surface area (TPSA) is 38.5 Å². The molecule has 1 fully saturated rings. The van der Waals surface area contributed by atoms with E-state index in [1.54, 1.807) is 0 Å². The van der Waals surface area contributed by atoms with Crippen LogP contribution in [0.4, 0.5) is 0 Å². The second-order valence-corrected chi connectivity index (χ2v) is 4.45. The van der Waals surface area contributed by atoms with Crippen LogP contribution in [0.3, 0.4) is 0 Å². The smallest absolute Gasteiger partial charge is 0.0899 e. The van der Waals surface area contributed by atoms with Crippen LogP contribution in [-0.4, -0.2) is 41.2 Å². The van der Waals surface area contributed by atoms with Crippen molar-refractivity contribution >= 4 is 17.2 Å². The lowest BCUT2D eigenvalue weighted by Gasteiger charge is -2.41. The Balaban J connectivity index is 2.65. The third kappa shape index (κ3) is 2.65. The molecule has 1 aliphatic heterocycles. The molecule has 82 valence electrons. The molecule has 3 unspecified atom stereocenters. The van der Waals surface area contributed by atoms with Crippen LogP contribution < -0.4 is 5.73 Å². The van der Waals surface area contributed by atoms with Gasteiger partial charge in [-0.05, 0) is 20.3 Å². The lowest BCUT2D eigenvalue weighted by molar-refractivity contribution is -0.0608. The van der Waals surface area contributed by atoms with Crippen LogP contribution in [-0.2, 0) is 4.74 Å². The summed E-state index contributed by atoms with van der Waals surface area (Å²) in [5, 5.41) is 0. The highest BCUT2D eigenvalue weighted by molar-refractivity contribution is 7.80. The molecule has 4 heteroatoms. The van der Waals surface area contributed by atoms with Gasteiger partial charge in [0, 0.05) is 12.6 Å². The Hall–Kier alpha value is -0.190. The van der Waals surface area contributed by atoms with Gasteiger partial charge in [0.1, 0.15) is 0 Å². The maximum Gasteiger partial charge on any atom is 0.0899 e. The highest BCUT2D eigenvalue weighted by atomic mass is 32.1. The quantitative estimate of drug-likeness (QED) is 0.719. The van der Waals surface area contributed by atoms with E-state index in [1.807, 2.05) is 0 Å². The van der Waals surface area contributed by atoms with Gasteiger partial charge < -0.3 is 10.5 Å². The molecule has 0 aliphatic carbocycles. The zero-order valence-electron chi connectivity index (χ0n) is 9.19. The van der Waals surface area contributed by atoms with E-state index in [1.165, 1.54) is 0 Å². The van der Waals surface area contributed by atoms with E-state index in [0.717, 1.165) is 19.6 Å². The first kappa shape index (κ1) is 11.9. The average molecular weight is 216 g/mol. The van der Waals surface area contributed by atoms with E-state index in [2.05, 4.69) is 25.7 Å². The van der Waals surface area contributed by atoms with Crippen molar-refractivity contribution in [1.29, 1.82) is 0 Å². The third-order valence-electron chi connectivity index (χ3n) is 2.89. The second kappa shape index (κ2) is 5.05. The van der Waals surface area contributed by atoms with E-state index in [-0.39, 0.29) is 12.1 Å². The highest BCUT2D eigenvalue weighted by Gasteiger charge is 2.29. The van der Waals surface area contributed by atoms with Gasteiger partial charge in [-0.15, -0.1) is 0 Å². The SMILES string of the molecule is CCC1COC(C)CN1C(C)C(N)=S. The molecule has 1 saturated heterocycles. The summed E-state index contributed by atoms with van der Waals surface area (Å²) in [4.78, 5) is 2.94. The Labute approximate surface area is 91.6 Å². The van der Waals surface area contributed by atoms with Gasteiger partial charge in [0.05, 0.1) is 23.7 Å². The second-order valence-electron chi connectivity index (χ2n) is 3.98. The number of hydrogen-bond acceptors (Lipinski definition) is 3. The molecule has 2 N–H and O–H groups in total. The van der Waals surface area contributed by atoms with Gasteiger partial charge in [-0.1, -0.05) is 19.1 Å². The van der Waals surface area contributed by atoms with Crippen molar-refractivity contribution in [2.45, 2.75) is 45.4 Å². The van der Waals surface area contributed by atoms with Crippen molar-refractivity contribution in [1.82, 2.24) is 4.90 Å². The first-order valence-corrected chi connectivity index (χ1v) is 5.63. The van der Waals surface area contributed by atoms with E-state index in [0.29, 0.717) is 11.0 Å². The fraction of sp³-hybridized carbons (Fsp3) is 0.900. The number of hydrogen-bond donors (Lipinski definition) is 1. The molecule has 0 bridgehead atoms. The predicted octanol–water partition coefficient (Wildman–Crippen LogP) is 1.16. The third-order valence-corrected chi connectivity index (χ3v) is 3.23. The summed E-state index contributed by atoms with van der Waals surface area (Å²) >= 11 is 5.03. The molecule has 1 heterocycles. The normalized spacial score (nSPS) is 31.4. The molecule has 3 nitrogen and oxygen atoms in total. The molecular formula is C10H20N2OS. The maximum atomic E-state index is 5.68. The van der Waals surface area contributed by atoms with Crippen LogP contribution in [0.5, 0.6) is 0 Å². The molecule has 3 atom stereocenters. The number of ether oxygens (including phenoxy) is 1. The Morgan fingerprint density at radius 1 is 1.71 bits per heavy atom. The number of thiocarbonyl (C=S) groups is 1. The summed E-state index contributed by atoms with van der Waals surface area (Å²) < 4.78 is 5.62. The van der Waals surface area contributed by atoms with Crippen LogP contribution in [0.15, 0.2) is 0 Å². The standard InChI is InChI=1S/C10H20N2OS/c1-4-9-6-13-7(2)5-12(9)8(3)10(11)14/h7-9H,4-6H2,1-3H3,(H2,11,14). The molecule has 0 radical (unpaired) electrons. The van der Waals surface area contributed by atoms with Crippen molar-refractivity contribution in [3.05, 3.63) is 0 Å². The number of nitrogens with two attached hydrogens (primary N) is 1. The fourth-order valence-corrected chi connectivity index (χ4v) is 2.00. The molecule has 0 aromatic rings. The van der Waals surface area contributed by atoms with Crippen molar-refractivity contribution in [2.24, 2.45) is 5.73 Å². The van der Waals surface area contributed by atoms with Crippen molar-refractivity contribution in [3.63, 3.8) is 0 Å². The predicted molar refractivity (Wildman–Crippen MR) is 62.4 cm³/mol. The summed E-state index contributed by atoms with van der Waals surface area (Å²) in [6.07, 6.45) is 1.37. The van der Waals surface area contributed by atoms with Crippen molar-refractivity contribution in [3.8, 4) is 0 Å². The largest absolute Gasteiger partial charge is 0.392 e. The highest BCUT2D eigenvalue weighted by Crippen LogP contribution is 2.17. The number of morpholine rings is 1. The molecule has 0 aromatic heterocycles. The monoisotopic (exact) mass is 216 g/mol. The van der Waals surface area contributed by atoms with E-state index in [4.69, 9.17) is 22.7 Å². The van der Waals surface area contributed by atoms with Gasteiger partial charge in [0.2, 0.25) is 0 Å². The molecule has 1 aliphatic rings. The molecule has 0 amide bonds. The molecule has 0 aromatic carbocycles. The molecule has 0 spiro atoms. The van der Waals surface area contributed by atoms with Crippen molar-refractivity contribution < 1.29 is 4.74 Å². The Kier molecular flexibility index (Phi) is 4.29. The zero-order chi connectivity index (χ0) is 10.7. The summed E-state index contributed by atoms with van der Waals surface area (Å²) in [5.41, 5.74) is 5.68. The molecular weight excluding hydrogens is 196 g/mol. The Morgan fingerprint density at radius 2 is 2.36 bits per heavy atom. The first-order chi connectivity index (χ1) is 6.56. The van der Waals surface area contributed by atoms with E-state index in [9.17, 15) is 0 Å². The average Bonchev–Trinajstić information content (AvgIpc) is 2.16. The minimum Gasteiger partial charge on any atom is -0.392 e. The fourth-order valence-electron chi connectivity index (χ4n) is 1.86. The summed E-state index contributed by atoms with van der Waals surface area (Å²) in [6.45, 7) is 8.05. The maximum absolute atomic E-state index is 5.68. The van der Waals surface area contributed by atoms with E-state index < -0.39 is 0 Å². The number of rotatable bonds is 3. The molecule has 1 rings (SSSR count). The van der Waals surface area contributed by atoms with Gasteiger partial charge >= 0.3 is 0 Å². The number of nitrogens with zero attached hydrogens (tertiary/aromatic N) is 1. The van der Waals surface area contributed by atoms with Crippen LogP contribution in [0.25, 0.3) is 0 Å². The van der Waals surface area contributed by atoms with Crippen LogP contribution in [0, 0.1) is 0 Å². The zero-order valence-corrected chi connectivity index (χ0v) is 10.0. The Morgan fingerprint density at radius 3 is 2.86 bits per heavy atom. The Bertz CT molecular complexity index is 210. The minimum atomic E-state index is 0.182. The van der Waals surface area contributed by atoms with Gasteiger partial charge in [-0.2, -0.15) is 0 Å². The minimum absolute atomic E-state index is 0.182. The van der Waals surface area contributed by atoms with E-state index >= 15 is 0 Å². The molecule has 14 heavy (non-hydrogen) atoms. The molecule has 0 saturated carbocycles.